The van der Waals surface area contributed by atoms with Crippen LogP contribution >= 0.6 is 0 Å². The summed E-state index contributed by atoms with van der Waals surface area (Å²) < 4.78 is 5.52. The van der Waals surface area contributed by atoms with E-state index in [4.69, 9.17) is 4.74 Å². The molecule has 0 fully saturated rings. The predicted molar refractivity (Wildman–Crippen MR) is 92.2 cm³/mol. The standard InChI is InChI=1S/C19H22N2O3/c22-18(20-21-19(23)17-10-5-2-6-11-17)12-7-14-24-15-13-16-8-3-1-4-9-16/h1-6,8-11H,7,12-15H2,(H,20,22)(H,21,23). The van der Waals surface area contributed by atoms with Crippen molar-refractivity contribution >= 4 is 11.8 Å². The number of rotatable bonds is 8. The van der Waals surface area contributed by atoms with E-state index >= 15 is 0 Å². The molecule has 0 aliphatic rings. The van der Waals surface area contributed by atoms with Crippen LogP contribution < -0.4 is 10.9 Å². The lowest BCUT2D eigenvalue weighted by Crippen LogP contribution is -2.41. The number of nitrogens with one attached hydrogen (secondary N) is 2. The van der Waals surface area contributed by atoms with Crippen LogP contribution in [0.2, 0.25) is 0 Å². The van der Waals surface area contributed by atoms with Gasteiger partial charge in [0.1, 0.15) is 0 Å². The summed E-state index contributed by atoms with van der Waals surface area (Å²) in [6.45, 7) is 1.16. The van der Waals surface area contributed by atoms with Crippen molar-refractivity contribution < 1.29 is 14.3 Å². The van der Waals surface area contributed by atoms with E-state index < -0.39 is 0 Å². The van der Waals surface area contributed by atoms with E-state index in [1.54, 1.807) is 24.3 Å². The van der Waals surface area contributed by atoms with E-state index in [9.17, 15) is 9.59 Å². The minimum absolute atomic E-state index is 0.231. The van der Waals surface area contributed by atoms with Gasteiger partial charge in [0.25, 0.3) is 5.91 Å². The molecule has 0 heterocycles. The van der Waals surface area contributed by atoms with Crippen molar-refractivity contribution in [3.8, 4) is 0 Å². The highest BCUT2D eigenvalue weighted by Gasteiger charge is 2.06. The van der Waals surface area contributed by atoms with E-state index in [2.05, 4.69) is 23.0 Å². The molecule has 0 bridgehead atoms. The monoisotopic (exact) mass is 326 g/mol. The first kappa shape index (κ1) is 17.7. The third-order valence-corrected chi connectivity index (χ3v) is 3.42. The number of hydrogen-bond acceptors (Lipinski definition) is 3. The molecule has 0 aliphatic heterocycles. The molecule has 126 valence electrons. The number of amides is 2. The Kier molecular flexibility index (Phi) is 7.50. The van der Waals surface area contributed by atoms with Crippen molar-refractivity contribution in [1.29, 1.82) is 0 Å². The quantitative estimate of drug-likeness (QED) is 0.578. The first-order valence-corrected chi connectivity index (χ1v) is 8.01. The molecule has 0 saturated heterocycles. The molecule has 0 aromatic heterocycles. The minimum atomic E-state index is -0.330. The zero-order valence-corrected chi connectivity index (χ0v) is 13.5. The summed E-state index contributed by atoms with van der Waals surface area (Å²) in [5.74, 6) is -0.561. The maximum atomic E-state index is 11.7. The van der Waals surface area contributed by atoms with Crippen molar-refractivity contribution in [1.82, 2.24) is 10.9 Å². The highest BCUT2D eigenvalue weighted by Crippen LogP contribution is 2.00. The van der Waals surface area contributed by atoms with Gasteiger partial charge in [0.2, 0.25) is 5.91 Å². The fourth-order valence-electron chi connectivity index (χ4n) is 2.12. The van der Waals surface area contributed by atoms with Crippen molar-refractivity contribution in [3.05, 3.63) is 71.8 Å². The Morgan fingerprint density at radius 1 is 0.833 bits per heavy atom. The third kappa shape index (κ3) is 6.62. The Morgan fingerprint density at radius 3 is 2.21 bits per heavy atom. The first-order valence-electron chi connectivity index (χ1n) is 8.01. The fraction of sp³-hybridized carbons (Fsp3) is 0.263. The van der Waals surface area contributed by atoms with Gasteiger partial charge >= 0.3 is 0 Å². The zero-order valence-electron chi connectivity index (χ0n) is 13.5. The average molecular weight is 326 g/mol. The van der Waals surface area contributed by atoms with E-state index in [-0.39, 0.29) is 11.8 Å². The summed E-state index contributed by atoms with van der Waals surface area (Å²) in [7, 11) is 0. The molecule has 2 rings (SSSR count). The number of hydrogen-bond donors (Lipinski definition) is 2. The van der Waals surface area contributed by atoms with Crippen LogP contribution in [0.1, 0.15) is 28.8 Å². The second-order valence-electron chi connectivity index (χ2n) is 5.32. The van der Waals surface area contributed by atoms with Gasteiger partial charge in [-0.25, -0.2) is 0 Å². The van der Waals surface area contributed by atoms with Crippen molar-refractivity contribution in [2.75, 3.05) is 13.2 Å². The summed E-state index contributed by atoms with van der Waals surface area (Å²) in [6, 6.07) is 18.8. The molecule has 0 saturated carbocycles. The molecule has 2 aromatic carbocycles. The van der Waals surface area contributed by atoms with Crippen molar-refractivity contribution in [3.63, 3.8) is 0 Å². The van der Waals surface area contributed by atoms with E-state index in [1.165, 1.54) is 5.56 Å². The molecule has 5 heteroatoms. The van der Waals surface area contributed by atoms with Crippen LogP contribution in [-0.4, -0.2) is 25.0 Å². The molecule has 0 atom stereocenters. The lowest BCUT2D eigenvalue weighted by Gasteiger charge is -2.08. The molecular formula is C19H22N2O3. The zero-order chi connectivity index (χ0) is 17.0. The number of benzene rings is 2. The lowest BCUT2D eigenvalue weighted by atomic mass is 10.2. The second-order valence-corrected chi connectivity index (χ2v) is 5.32. The molecule has 0 radical (unpaired) electrons. The lowest BCUT2D eigenvalue weighted by molar-refractivity contribution is -0.122. The van der Waals surface area contributed by atoms with E-state index in [1.807, 2.05) is 24.3 Å². The van der Waals surface area contributed by atoms with Gasteiger partial charge in [0, 0.05) is 18.6 Å². The molecular weight excluding hydrogens is 304 g/mol. The molecule has 24 heavy (non-hydrogen) atoms. The summed E-state index contributed by atoms with van der Waals surface area (Å²) in [6.07, 6.45) is 1.78. The topological polar surface area (TPSA) is 67.4 Å². The SMILES string of the molecule is O=C(CCCOCCc1ccccc1)NNC(=O)c1ccccc1. The first-order chi connectivity index (χ1) is 11.8. The maximum absolute atomic E-state index is 11.7. The fourth-order valence-corrected chi connectivity index (χ4v) is 2.12. The van der Waals surface area contributed by atoms with E-state index in [0.29, 0.717) is 31.6 Å². The molecule has 0 aliphatic carbocycles. The average Bonchev–Trinajstić information content (AvgIpc) is 2.64. The van der Waals surface area contributed by atoms with E-state index in [0.717, 1.165) is 6.42 Å². The molecule has 2 N–H and O–H groups in total. The summed E-state index contributed by atoms with van der Waals surface area (Å²) in [4.78, 5) is 23.4. The molecule has 2 aromatic rings. The number of carbonyl (C=O) groups is 2. The Hall–Kier alpha value is -2.66. The van der Waals surface area contributed by atoms with Crippen LogP contribution in [0, 0.1) is 0 Å². The van der Waals surface area contributed by atoms with Crippen molar-refractivity contribution in [2.45, 2.75) is 19.3 Å². The second kappa shape index (κ2) is 10.2. The van der Waals surface area contributed by atoms with Gasteiger partial charge in [-0.05, 0) is 30.5 Å². The third-order valence-electron chi connectivity index (χ3n) is 3.42. The van der Waals surface area contributed by atoms with Crippen LogP contribution in [0.3, 0.4) is 0 Å². The van der Waals surface area contributed by atoms with Gasteiger partial charge in [-0.1, -0.05) is 48.5 Å². The highest BCUT2D eigenvalue weighted by molar-refractivity contribution is 5.95. The normalized spacial score (nSPS) is 10.2. The van der Waals surface area contributed by atoms with Crippen LogP contribution in [0.4, 0.5) is 0 Å². The Morgan fingerprint density at radius 2 is 1.50 bits per heavy atom. The van der Waals surface area contributed by atoms with Crippen molar-refractivity contribution in [2.24, 2.45) is 0 Å². The van der Waals surface area contributed by atoms with Gasteiger partial charge in [0.15, 0.2) is 0 Å². The van der Waals surface area contributed by atoms with Crippen LogP contribution in [0.25, 0.3) is 0 Å². The van der Waals surface area contributed by atoms with Gasteiger partial charge in [-0.2, -0.15) is 0 Å². The van der Waals surface area contributed by atoms with Gasteiger partial charge in [-0.3, -0.25) is 20.4 Å². The maximum Gasteiger partial charge on any atom is 0.269 e. The number of carbonyl (C=O) groups excluding carboxylic acids is 2. The highest BCUT2D eigenvalue weighted by atomic mass is 16.5. The molecule has 0 spiro atoms. The summed E-state index contributed by atoms with van der Waals surface area (Å²) >= 11 is 0. The number of hydrazine groups is 1. The molecule has 0 unspecified atom stereocenters. The Labute approximate surface area is 142 Å². The summed E-state index contributed by atoms with van der Waals surface area (Å²) in [5.41, 5.74) is 6.53. The summed E-state index contributed by atoms with van der Waals surface area (Å²) in [5, 5.41) is 0. The predicted octanol–water partition coefficient (Wildman–Crippen LogP) is 2.49. The van der Waals surface area contributed by atoms with Crippen LogP contribution in [0.15, 0.2) is 60.7 Å². The largest absolute Gasteiger partial charge is 0.381 e. The van der Waals surface area contributed by atoms with Crippen LogP contribution in [0.5, 0.6) is 0 Å². The van der Waals surface area contributed by atoms with Gasteiger partial charge in [-0.15, -0.1) is 0 Å². The van der Waals surface area contributed by atoms with Crippen LogP contribution in [-0.2, 0) is 16.0 Å². The number of ether oxygens (including phenoxy) is 1. The van der Waals surface area contributed by atoms with Gasteiger partial charge in [0.05, 0.1) is 6.61 Å². The molecule has 5 nitrogen and oxygen atoms in total. The Balaban J connectivity index is 1.51. The van der Waals surface area contributed by atoms with Gasteiger partial charge < -0.3 is 4.74 Å². The molecule has 2 amide bonds. The smallest absolute Gasteiger partial charge is 0.269 e. The minimum Gasteiger partial charge on any atom is -0.381 e. The Bertz CT molecular complexity index is 630.